The first-order chi connectivity index (χ1) is 14.9. The molecule has 0 fully saturated rings. The first-order valence-electron chi connectivity index (χ1n) is 10.3. The molecule has 1 aromatic heterocycles. The van der Waals surface area contributed by atoms with E-state index < -0.39 is 5.41 Å². The fraction of sp³-hybridized carbons (Fsp3) is 0.280. The van der Waals surface area contributed by atoms with Crippen LogP contribution in [0.4, 0.5) is 0 Å². The summed E-state index contributed by atoms with van der Waals surface area (Å²) < 4.78 is 0. The summed E-state index contributed by atoms with van der Waals surface area (Å²) in [6.07, 6.45) is 0. The van der Waals surface area contributed by atoms with E-state index in [0.717, 1.165) is 11.1 Å². The average molecular weight is 470 g/mol. The van der Waals surface area contributed by atoms with Gasteiger partial charge in [-0.2, -0.15) is 0 Å². The normalized spacial score (nSPS) is 12.5. The van der Waals surface area contributed by atoms with Gasteiger partial charge in [0.1, 0.15) is 0 Å². The smallest absolute Gasteiger partial charge is 0.251 e. The van der Waals surface area contributed by atoms with Crippen LogP contribution in [0.25, 0.3) is 16.7 Å². The number of hydrogen-bond acceptors (Lipinski definition) is 3. The molecular formula is C25H25Cl2N3O2. The van der Waals surface area contributed by atoms with Crippen LogP contribution >= 0.6 is 23.2 Å². The van der Waals surface area contributed by atoms with Crippen molar-refractivity contribution in [3.8, 4) is 11.4 Å². The Balaban J connectivity index is 2.01. The lowest BCUT2D eigenvalue weighted by atomic mass is 9.75. The summed E-state index contributed by atoms with van der Waals surface area (Å²) in [7, 11) is 0. The highest BCUT2D eigenvalue weighted by Crippen LogP contribution is 2.42. The van der Waals surface area contributed by atoms with Gasteiger partial charge < -0.3 is 10.3 Å². The number of aromatic hydroxyl groups is 1. The van der Waals surface area contributed by atoms with Gasteiger partial charge in [-0.3, -0.25) is 0 Å². The summed E-state index contributed by atoms with van der Waals surface area (Å²) in [6, 6.07) is 16.3. The number of nitrogens with zero attached hydrogens (tertiary/aromatic N) is 3. The van der Waals surface area contributed by atoms with Crippen molar-refractivity contribution in [1.82, 2.24) is 9.90 Å². The predicted molar refractivity (Wildman–Crippen MR) is 129 cm³/mol. The Morgan fingerprint density at radius 3 is 2.12 bits per heavy atom. The zero-order chi connectivity index (χ0) is 23.4. The van der Waals surface area contributed by atoms with E-state index in [9.17, 15) is 10.3 Å². The van der Waals surface area contributed by atoms with E-state index in [1.54, 1.807) is 18.2 Å². The summed E-state index contributed by atoms with van der Waals surface area (Å²) in [5, 5.41) is 30.1. The Morgan fingerprint density at radius 1 is 0.875 bits per heavy atom. The number of benzene rings is 3. The lowest BCUT2D eigenvalue weighted by Gasteiger charge is -2.30. The molecule has 1 N–H and O–H groups in total. The van der Waals surface area contributed by atoms with Crippen LogP contribution in [0.1, 0.15) is 51.3 Å². The molecule has 166 valence electrons. The number of aromatic nitrogens is 3. The van der Waals surface area contributed by atoms with Gasteiger partial charge in [0.05, 0.1) is 5.10 Å². The molecule has 7 heteroatoms. The van der Waals surface area contributed by atoms with Gasteiger partial charge >= 0.3 is 0 Å². The van der Waals surface area contributed by atoms with Crippen LogP contribution in [0, 0.1) is 5.21 Å². The molecular weight excluding hydrogens is 445 g/mol. The zero-order valence-corrected chi connectivity index (χ0v) is 20.2. The summed E-state index contributed by atoms with van der Waals surface area (Å²) in [6.45, 7) is 10.3. The van der Waals surface area contributed by atoms with E-state index >= 15 is 0 Å². The molecule has 5 nitrogen and oxygen atoms in total. The van der Waals surface area contributed by atoms with Crippen molar-refractivity contribution in [1.29, 1.82) is 0 Å². The van der Waals surface area contributed by atoms with Gasteiger partial charge in [0.15, 0.2) is 11.4 Å². The minimum Gasteiger partial charge on any atom is -0.692 e. The molecule has 32 heavy (non-hydrogen) atoms. The molecule has 0 unspecified atom stereocenters. The molecule has 0 aliphatic heterocycles. The van der Waals surface area contributed by atoms with Crippen LogP contribution in [-0.4, -0.2) is 15.0 Å². The third-order valence-electron chi connectivity index (χ3n) is 5.93. The molecule has 1 heterocycles. The highest BCUT2D eigenvalue weighted by molar-refractivity contribution is 6.31. The van der Waals surface area contributed by atoms with Crippen LogP contribution in [0.5, 0.6) is 5.75 Å². The third kappa shape index (κ3) is 3.80. The van der Waals surface area contributed by atoms with E-state index in [0.29, 0.717) is 37.2 Å². The first-order valence-corrected chi connectivity index (χ1v) is 11.1. The maximum Gasteiger partial charge on any atom is 0.251 e. The fourth-order valence-corrected chi connectivity index (χ4v) is 4.13. The average Bonchev–Trinajstić information content (AvgIpc) is 3.03. The molecule has 0 atom stereocenters. The molecule has 0 spiro atoms. The van der Waals surface area contributed by atoms with Gasteiger partial charge in [-0.1, -0.05) is 76.0 Å². The van der Waals surface area contributed by atoms with Crippen LogP contribution < -0.4 is 4.85 Å². The van der Waals surface area contributed by atoms with E-state index in [2.05, 4.69) is 25.9 Å². The van der Waals surface area contributed by atoms with E-state index in [4.69, 9.17) is 23.2 Å². The number of halogens is 2. The molecule has 0 aliphatic rings. The van der Waals surface area contributed by atoms with Crippen molar-refractivity contribution in [2.24, 2.45) is 0 Å². The maximum atomic E-state index is 13.1. The van der Waals surface area contributed by atoms with Crippen molar-refractivity contribution in [2.75, 3.05) is 0 Å². The van der Waals surface area contributed by atoms with Crippen LogP contribution in [0.15, 0.2) is 54.6 Å². The number of rotatable bonds is 3. The first kappa shape index (κ1) is 22.4. The van der Waals surface area contributed by atoms with Gasteiger partial charge in [-0.05, 0) is 51.7 Å². The molecule has 0 bridgehead atoms. The molecule has 0 amide bonds. The second kappa shape index (κ2) is 7.68. The minimum atomic E-state index is -0.561. The van der Waals surface area contributed by atoms with E-state index in [-0.39, 0.29) is 11.2 Å². The summed E-state index contributed by atoms with van der Waals surface area (Å²) >= 11 is 12.2. The Kier molecular flexibility index (Phi) is 5.38. The van der Waals surface area contributed by atoms with Crippen molar-refractivity contribution in [3.63, 3.8) is 0 Å². The van der Waals surface area contributed by atoms with Gasteiger partial charge in [-0.25, -0.2) is 0 Å². The Labute approximate surface area is 197 Å². The molecule has 0 radical (unpaired) electrons. The molecule has 0 aliphatic carbocycles. The van der Waals surface area contributed by atoms with Gasteiger partial charge in [-0.15, -0.1) is 4.85 Å². The quantitative estimate of drug-likeness (QED) is 0.283. The number of phenolic OH excluding ortho intramolecular Hbond substituents is 1. The van der Waals surface area contributed by atoms with Gasteiger partial charge in [0.2, 0.25) is 5.52 Å². The van der Waals surface area contributed by atoms with Crippen LogP contribution in [0.3, 0.4) is 0 Å². The molecule has 4 aromatic rings. The predicted octanol–water partition coefficient (Wildman–Crippen LogP) is 6.29. The maximum absolute atomic E-state index is 13.1. The number of phenols is 1. The highest BCUT2D eigenvalue weighted by atomic mass is 35.5. The van der Waals surface area contributed by atoms with Gasteiger partial charge in [0.25, 0.3) is 5.52 Å². The largest absolute Gasteiger partial charge is 0.692 e. The number of hydrogen-bond donors (Lipinski definition) is 1. The fourth-order valence-electron chi connectivity index (χ4n) is 3.84. The van der Waals surface area contributed by atoms with Crippen molar-refractivity contribution >= 4 is 34.2 Å². The van der Waals surface area contributed by atoms with Crippen molar-refractivity contribution < 1.29 is 9.95 Å². The second-order valence-electron chi connectivity index (χ2n) is 9.57. The third-order valence-corrected chi connectivity index (χ3v) is 6.42. The lowest BCUT2D eigenvalue weighted by Crippen LogP contribution is -2.37. The van der Waals surface area contributed by atoms with Gasteiger partial charge in [0, 0.05) is 27.1 Å². The van der Waals surface area contributed by atoms with Crippen LogP contribution in [0.2, 0.25) is 10.0 Å². The minimum absolute atomic E-state index is 0.00135. The van der Waals surface area contributed by atoms with Crippen molar-refractivity contribution in [2.45, 2.75) is 45.4 Å². The SMILES string of the molecule is CC(C)(C)c1cc(-n2nc3cc(Cl)ccc3[n+]2[O-])c(O)c(C(C)(C)c2ccc(Cl)cc2)c1. The summed E-state index contributed by atoms with van der Waals surface area (Å²) in [4.78, 5) is 1.86. The second-order valence-corrected chi connectivity index (χ2v) is 10.4. The Bertz CT molecular complexity index is 1320. The molecule has 4 rings (SSSR count). The molecule has 0 saturated carbocycles. The van der Waals surface area contributed by atoms with Crippen LogP contribution in [-0.2, 0) is 10.8 Å². The molecule has 3 aromatic carbocycles. The topological polar surface area (TPSA) is 65.0 Å². The lowest BCUT2D eigenvalue weighted by molar-refractivity contribution is -0.664. The van der Waals surface area contributed by atoms with E-state index in [1.165, 1.54) is 4.80 Å². The zero-order valence-electron chi connectivity index (χ0n) is 18.6. The number of fused-ring (bicyclic) bond motifs is 1. The Morgan fingerprint density at radius 2 is 1.50 bits per heavy atom. The summed E-state index contributed by atoms with van der Waals surface area (Å²) in [5.74, 6) is 0.00135. The highest BCUT2D eigenvalue weighted by Gasteiger charge is 2.32. The van der Waals surface area contributed by atoms with Crippen molar-refractivity contribution in [3.05, 3.63) is 86.5 Å². The van der Waals surface area contributed by atoms with E-state index in [1.807, 2.05) is 50.2 Å². The monoisotopic (exact) mass is 469 g/mol. The molecule has 0 saturated heterocycles. The summed E-state index contributed by atoms with van der Waals surface area (Å²) in [5.41, 5.74) is 3.00. The standard InChI is InChI=1S/C25H25Cl2N3O2/c1-24(2,3)16-12-19(25(4,5)15-6-8-17(26)9-7-15)23(31)22(13-16)29-28-20-14-18(27)10-11-21(20)30(29)32/h6-14,31H,1-5H3. The Hall–Kier alpha value is -2.76.